The maximum absolute atomic E-state index is 16.6. The molecule has 28 heteroatoms. The molecule has 0 aliphatic heterocycles. The van der Waals surface area contributed by atoms with E-state index in [1.807, 2.05) is 106 Å². The fraction of sp³-hybridized carbons (Fsp3) is 0.122. The molecule has 0 fully saturated rings. The fourth-order valence-electron chi connectivity index (χ4n) is 16.4. The van der Waals surface area contributed by atoms with Crippen LogP contribution in [-0.2, 0) is 38.5 Å². The molecule has 9 aromatic rings. The van der Waals surface area contributed by atoms with Crippen LogP contribution >= 0.6 is 0 Å². The zero-order valence-electron chi connectivity index (χ0n) is 65.4. The van der Waals surface area contributed by atoms with Crippen molar-refractivity contribution in [1.29, 1.82) is 42.1 Å². The van der Waals surface area contributed by atoms with Gasteiger partial charge in [0.05, 0.1) is 27.8 Å². The van der Waals surface area contributed by atoms with Crippen molar-refractivity contribution in [3.63, 3.8) is 0 Å². The normalized spacial score (nSPS) is 13.3. The third kappa shape index (κ3) is 16.2. The van der Waals surface area contributed by atoms with Gasteiger partial charge in [0.15, 0.2) is 0 Å². The average Bonchev–Trinajstić information content (AvgIpc) is 1.55. The zero-order valence-corrected chi connectivity index (χ0v) is 65.4. The van der Waals surface area contributed by atoms with Gasteiger partial charge in [0.25, 0.3) is 0 Å². The molecule has 9 aromatic carbocycles. The second-order valence-corrected chi connectivity index (χ2v) is 28.6. The summed E-state index contributed by atoms with van der Waals surface area (Å²) in [7, 11) is 0. The quantitative estimate of drug-likeness (QED) is 0.0747. The van der Waals surface area contributed by atoms with Crippen LogP contribution in [0.15, 0.2) is 225 Å². The van der Waals surface area contributed by atoms with E-state index in [2.05, 4.69) is 55.4 Å². The van der Waals surface area contributed by atoms with Crippen molar-refractivity contribution >= 4 is 33.4 Å². The molecular formula is C98H47F11N14O3. The van der Waals surface area contributed by atoms with E-state index in [4.69, 9.17) is 39.4 Å². The van der Waals surface area contributed by atoms with Crippen molar-refractivity contribution in [1.82, 2.24) is 0 Å². The Balaban J connectivity index is 0.000000162. The van der Waals surface area contributed by atoms with Crippen molar-refractivity contribution in [2.45, 2.75) is 78.4 Å². The molecule has 0 heterocycles. The molecule has 0 N–H and O–H groups in total. The van der Waals surface area contributed by atoms with Crippen LogP contribution in [0.5, 0.6) is 17.2 Å². The van der Waals surface area contributed by atoms with Gasteiger partial charge in [0, 0.05) is 57.7 Å². The van der Waals surface area contributed by atoms with Crippen LogP contribution in [-0.4, -0.2) is 19.1 Å². The first-order chi connectivity index (χ1) is 60.3. The minimum absolute atomic E-state index is 0.00245. The van der Waals surface area contributed by atoms with Crippen LogP contribution in [0, 0.1) is 162 Å². The maximum Gasteiger partial charge on any atom is 0.573 e. The Morgan fingerprint density at radius 2 is 0.524 bits per heavy atom. The molecule has 0 saturated carbocycles. The molecule has 0 saturated heterocycles. The van der Waals surface area contributed by atoms with Crippen LogP contribution in [0.2, 0.25) is 0 Å². The fourth-order valence-corrected chi connectivity index (χ4v) is 16.4. The van der Waals surface area contributed by atoms with Crippen molar-refractivity contribution in [2.75, 3.05) is 0 Å². The third-order valence-corrected chi connectivity index (χ3v) is 21.5. The predicted molar refractivity (Wildman–Crippen MR) is 432 cm³/mol. The van der Waals surface area contributed by atoms with E-state index in [0.717, 1.165) is 73.7 Å². The molecule has 126 heavy (non-hydrogen) atoms. The largest absolute Gasteiger partial charge is 0.573 e. The summed E-state index contributed by atoms with van der Waals surface area (Å²) in [5, 5.41) is 81.3. The molecule has 604 valence electrons. The van der Waals surface area contributed by atoms with Gasteiger partial charge in [-0.1, -0.05) is 126 Å². The van der Waals surface area contributed by atoms with Gasteiger partial charge in [-0.15, -0.1) is 39.5 Å². The van der Waals surface area contributed by atoms with Gasteiger partial charge in [-0.25, -0.2) is 8.78 Å². The van der Waals surface area contributed by atoms with Gasteiger partial charge < -0.3 is 14.2 Å². The first-order valence-corrected chi connectivity index (χ1v) is 37.1. The number of ether oxygens (including phenoxy) is 3. The molecule has 6 aliphatic rings. The minimum atomic E-state index is -4.95. The Morgan fingerprint density at radius 3 is 0.810 bits per heavy atom. The molecule has 0 radical (unpaired) electrons. The number of halogens is 11. The summed E-state index contributed by atoms with van der Waals surface area (Å²) >= 11 is 0. The molecule has 6 aliphatic carbocycles. The molecule has 0 amide bonds. The number of aryl methyl sites for hydroxylation is 3. The van der Waals surface area contributed by atoms with Crippen LogP contribution in [0.4, 0.5) is 48.3 Å². The first kappa shape index (κ1) is 86.0. The van der Waals surface area contributed by atoms with Crippen LogP contribution in [0.3, 0.4) is 0 Å². The lowest BCUT2D eigenvalue weighted by molar-refractivity contribution is -0.275. The lowest BCUT2D eigenvalue weighted by atomic mass is 9.92. The highest BCUT2D eigenvalue weighted by atomic mass is 19.4. The first-order valence-electron chi connectivity index (χ1n) is 37.1. The van der Waals surface area contributed by atoms with E-state index in [9.17, 15) is 81.6 Å². The number of hydrogen-bond acceptors (Lipinski definition) is 11. The van der Waals surface area contributed by atoms with E-state index in [-0.39, 0.29) is 143 Å². The number of nitrogens with zero attached hydrogens (tertiary/aromatic N) is 14. The van der Waals surface area contributed by atoms with Crippen molar-refractivity contribution in [2.24, 2.45) is 0 Å². The number of fused-ring (bicyclic) bond motifs is 6. The van der Waals surface area contributed by atoms with Gasteiger partial charge >= 0.3 is 36.5 Å². The van der Waals surface area contributed by atoms with Gasteiger partial charge in [0.2, 0.25) is 0 Å². The molecular weight excluding hydrogens is 1630 g/mol. The molecule has 15 rings (SSSR count). The number of allylic oxidation sites excluding steroid dienone is 9. The van der Waals surface area contributed by atoms with Crippen LogP contribution < -0.4 is 45.5 Å². The summed E-state index contributed by atoms with van der Waals surface area (Å²) in [6.45, 7) is 51.1. The smallest absolute Gasteiger partial charge is 0.406 e. The van der Waals surface area contributed by atoms with E-state index in [1.165, 1.54) is 48.5 Å². The Hall–Kier alpha value is -17.9. The second-order valence-electron chi connectivity index (χ2n) is 28.6. The van der Waals surface area contributed by atoms with Gasteiger partial charge in [0.1, 0.15) is 134 Å². The average molecular weight is 1680 g/mol. The van der Waals surface area contributed by atoms with Crippen LogP contribution in [0.25, 0.3) is 62.5 Å². The second kappa shape index (κ2) is 34.5. The molecule has 0 bridgehead atoms. The highest BCUT2D eigenvalue weighted by Crippen LogP contribution is 2.43. The van der Waals surface area contributed by atoms with E-state index < -0.39 is 47.8 Å². The standard InChI is InChI=1S/C34H15F3N6O.C32H15F5N4O.C32H17F3N4O/c1-18-4-6-19(7-5-18)30-26(33(42-2)43-3)13-25-28(17-41)31-24(27(16-40)32(25)30)12-23(21(14-38)15-39)29(31)20-8-10-22(11-9-20)44-34(35,36)37;1-16-4-6-17(7-5-16)26-24(31(40-2)41-3)13-23-28(26)29(33)22-12-21(19(14-38)15-39)25(27(22)30(23)34)18-8-10-20(11-9-18)42-32(35,36)37;1-18-4-6-19(7-5-18)30-26-12-21-14-27(23(16-36)17-37)29(20-8-10-24(11-9-20)40-32(33,34)35)25(21)13-22(26)15-28(30)31(38-2)39-3/h4-11H,12-13H2,1H3;4-11H,12-13H2,1H3;4-13H,14-15H2,1H3. The SMILES string of the molecule is [C-]#[N+]C([N+]#[C-])=C1Cc2c(C#N)c3c(c(C#N)c2=C1c1ccc(C)cc1)CC(=C(C#N)C#N)C=3c1ccc(OC(F)(F)F)cc1.[C-]#[N+]C([N+]#[C-])=C1Cc2c(F)c3c(c(F)c2=C1c1ccc(C)cc1)CC(=C(C#N)C#N)C=3c1ccc(OC(F)(F)F)cc1.[C-]#[N+]C([N+]#[C-])=C1Cc2cc3c(cc2=C1c1ccc(C)cc1)CC(=C(C#N)C#N)C=3c1ccc(OC(F)(F)F)cc1. The van der Waals surface area contributed by atoms with E-state index in [0.29, 0.717) is 72.9 Å². The molecule has 0 unspecified atom stereocenters. The highest BCUT2D eigenvalue weighted by molar-refractivity contribution is 5.94. The molecule has 0 atom stereocenters. The third-order valence-electron chi connectivity index (χ3n) is 21.5. The molecule has 0 aromatic heterocycles. The van der Waals surface area contributed by atoms with Gasteiger partial charge in [-0.05, 0) is 198 Å². The monoisotopic (exact) mass is 1680 g/mol. The van der Waals surface area contributed by atoms with E-state index >= 15 is 8.78 Å². The van der Waals surface area contributed by atoms with E-state index in [1.54, 1.807) is 36.4 Å². The number of benzene rings is 9. The van der Waals surface area contributed by atoms with Crippen molar-refractivity contribution < 1.29 is 62.5 Å². The summed E-state index contributed by atoms with van der Waals surface area (Å²) in [5.74, 6) is -3.66. The Morgan fingerprint density at radius 1 is 0.302 bits per heavy atom. The summed E-state index contributed by atoms with van der Waals surface area (Å²) in [6, 6.07) is 56.0. The van der Waals surface area contributed by atoms with Crippen molar-refractivity contribution in [3.8, 4) is 65.8 Å². The summed E-state index contributed by atoms with van der Waals surface area (Å²) in [6.07, 6.45) is -14.8. The molecule has 0 spiro atoms. The number of hydrogen-bond donors (Lipinski definition) is 0. The lowest BCUT2D eigenvalue weighted by Gasteiger charge is -2.11. The Labute approximate surface area is 710 Å². The summed E-state index contributed by atoms with van der Waals surface area (Å²) in [4.78, 5) is 20.4. The topological polar surface area (TPSA) is 244 Å². The lowest BCUT2D eigenvalue weighted by Crippen LogP contribution is -2.27. The predicted octanol–water partition coefficient (Wildman–Crippen LogP) is 17.4. The van der Waals surface area contributed by atoms with Gasteiger partial charge in [-0.2, -0.15) is 71.2 Å². The number of nitriles is 8. The zero-order chi connectivity index (χ0) is 90.7. The Bertz CT molecular complexity index is 7560. The van der Waals surface area contributed by atoms with Crippen molar-refractivity contribution in [3.05, 3.63) is 431 Å². The summed E-state index contributed by atoms with van der Waals surface area (Å²) < 4.78 is 160. The minimum Gasteiger partial charge on any atom is -0.406 e. The number of rotatable bonds is 9. The Kier molecular flexibility index (Phi) is 23.5. The van der Waals surface area contributed by atoms with Gasteiger partial charge in [-0.3, -0.25) is 0 Å². The maximum atomic E-state index is 16.6. The summed E-state index contributed by atoms with van der Waals surface area (Å²) in [5.41, 5.74) is 11.9. The highest BCUT2D eigenvalue weighted by Gasteiger charge is 2.41. The van der Waals surface area contributed by atoms with Crippen LogP contribution in [0.1, 0.15) is 94.6 Å². The number of alkyl halides is 9. The molecule has 17 nitrogen and oxygen atoms in total.